The number of hydrogen-bond donors (Lipinski definition) is 1. The van der Waals surface area contributed by atoms with E-state index in [0.29, 0.717) is 31.9 Å². The van der Waals surface area contributed by atoms with Gasteiger partial charge in [-0.1, -0.05) is 6.07 Å². The van der Waals surface area contributed by atoms with Gasteiger partial charge in [0.1, 0.15) is 11.4 Å². The Bertz CT molecular complexity index is 1010. The van der Waals surface area contributed by atoms with Crippen molar-refractivity contribution in [1.29, 1.82) is 0 Å². The molecule has 0 unspecified atom stereocenters. The molecular formula is C21H21N3O3S. The van der Waals surface area contributed by atoms with E-state index in [-0.39, 0.29) is 11.8 Å². The van der Waals surface area contributed by atoms with E-state index in [1.54, 1.807) is 34.3 Å². The lowest BCUT2D eigenvalue weighted by atomic mass is 10.2. The van der Waals surface area contributed by atoms with Crippen LogP contribution in [0.1, 0.15) is 15.4 Å². The number of methoxy groups -OCH3 is 1. The third-order valence-corrected chi connectivity index (χ3v) is 5.71. The maximum absolute atomic E-state index is 12.8. The highest BCUT2D eigenvalue weighted by atomic mass is 32.1. The number of hydrogen-bond acceptors (Lipinski definition) is 4. The normalized spacial score (nSPS) is 14.8. The van der Waals surface area contributed by atoms with Crippen molar-refractivity contribution < 1.29 is 14.3 Å². The molecule has 1 saturated heterocycles. The van der Waals surface area contributed by atoms with E-state index in [1.165, 1.54) is 0 Å². The Morgan fingerprint density at radius 2 is 1.89 bits per heavy atom. The zero-order valence-electron chi connectivity index (χ0n) is 15.6. The minimum Gasteiger partial charge on any atom is -0.497 e. The number of amides is 2. The second kappa shape index (κ2) is 7.90. The van der Waals surface area contributed by atoms with E-state index in [1.807, 2.05) is 47.9 Å². The lowest BCUT2D eigenvalue weighted by Gasteiger charge is -2.34. The average molecular weight is 395 g/mol. The molecule has 0 bridgehead atoms. The summed E-state index contributed by atoms with van der Waals surface area (Å²) in [4.78, 5) is 33.0. The second-order valence-corrected chi connectivity index (χ2v) is 7.58. The van der Waals surface area contributed by atoms with Crippen LogP contribution in [-0.4, -0.2) is 59.9 Å². The first-order chi connectivity index (χ1) is 13.6. The number of ether oxygens (including phenoxy) is 1. The molecule has 6 nitrogen and oxygen atoms in total. The number of benzene rings is 1. The Labute approximate surface area is 167 Å². The first-order valence-corrected chi connectivity index (χ1v) is 9.98. The SMILES string of the molecule is COc1ccc2cc(C(=O)N3CCN(C(=O)C=Cc4cccs4)CC3)[nH]c2c1. The summed E-state index contributed by atoms with van der Waals surface area (Å²) in [6.45, 7) is 2.12. The number of fused-ring (bicyclic) bond motifs is 1. The van der Waals surface area contributed by atoms with Gasteiger partial charge in [0.25, 0.3) is 5.91 Å². The number of carbonyl (C=O) groups excluding carboxylic acids is 2. The molecule has 7 heteroatoms. The highest BCUT2D eigenvalue weighted by molar-refractivity contribution is 7.10. The number of aromatic amines is 1. The number of nitrogens with one attached hydrogen (secondary N) is 1. The maximum Gasteiger partial charge on any atom is 0.270 e. The van der Waals surface area contributed by atoms with Crippen LogP contribution in [-0.2, 0) is 4.79 Å². The van der Waals surface area contributed by atoms with E-state index in [2.05, 4.69) is 4.98 Å². The van der Waals surface area contributed by atoms with Crippen molar-refractivity contribution in [2.24, 2.45) is 0 Å². The summed E-state index contributed by atoms with van der Waals surface area (Å²) in [5.41, 5.74) is 1.43. The molecule has 0 aliphatic carbocycles. The highest BCUT2D eigenvalue weighted by Crippen LogP contribution is 2.22. The molecule has 3 heterocycles. The van der Waals surface area contributed by atoms with E-state index in [9.17, 15) is 9.59 Å². The van der Waals surface area contributed by atoms with Gasteiger partial charge in [-0.25, -0.2) is 0 Å². The number of nitrogens with zero attached hydrogens (tertiary/aromatic N) is 2. The Balaban J connectivity index is 1.38. The van der Waals surface area contributed by atoms with Gasteiger partial charge in [0, 0.05) is 54.1 Å². The predicted molar refractivity (Wildman–Crippen MR) is 111 cm³/mol. The van der Waals surface area contributed by atoms with Crippen molar-refractivity contribution in [1.82, 2.24) is 14.8 Å². The van der Waals surface area contributed by atoms with E-state index in [0.717, 1.165) is 21.5 Å². The third kappa shape index (κ3) is 3.80. The molecule has 28 heavy (non-hydrogen) atoms. The van der Waals surface area contributed by atoms with Gasteiger partial charge in [0.15, 0.2) is 0 Å². The molecule has 0 atom stereocenters. The van der Waals surface area contributed by atoms with Gasteiger partial charge in [0.05, 0.1) is 7.11 Å². The summed E-state index contributed by atoms with van der Waals surface area (Å²) in [6.07, 6.45) is 3.44. The van der Waals surface area contributed by atoms with Crippen LogP contribution in [0.15, 0.2) is 47.9 Å². The second-order valence-electron chi connectivity index (χ2n) is 6.60. The van der Waals surface area contributed by atoms with Crippen LogP contribution in [0.25, 0.3) is 17.0 Å². The molecule has 0 radical (unpaired) electrons. The maximum atomic E-state index is 12.8. The van der Waals surface area contributed by atoms with Crippen LogP contribution in [0.4, 0.5) is 0 Å². The first-order valence-electron chi connectivity index (χ1n) is 9.10. The zero-order chi connectivity index (χ0) is 19.5. The Hall–Kier alpha value is -3.06. The topological polar surface area (TPSA) is 65.6 Å². The quantitative estimate of drug-likeness (QED) is 0.690. The Morgan fingerprint density at radius 3 is 2.61 bits per heavy atom. The summed E-state index contributed by atoms with van der Waals surface area (Å²) in [7, 11) is 1.62. The summed E-state index contributed by atoms with van der Waals surface area (Å²) < 4.78 is 5.23. The van der Waals surface area contributed by atoms with Crippen LogP contribution in [0.3, 0.4) is 0 Å². The summed E-state index contributed by atoms with van der Waals surface area (Å²) in [6, 6.07) is 11.5. The molecule has 3 aromatic rings. The molecule has 4 rings (SSSR count). The average Bonchev–Trinajstić information content (AvgIpc) is 3.40. The number of piperazine rings is 1. The van der Waals surface area contributed by atoms with Gasteiger partial charge in [-0.2, -0.15) is 0 Å². The monoisotopic (exact) mass is 395 g/mol. The van der Waals surface area contributed by atoms with Gasteiger partial charge in [-0.3, -0.25) is 9.59 Å². The number of thiophene rings is 1. The van der Waals surface area contributed by atoms with E-state index < -0.39 is 0 Å². The third-order valence-electron chi connectivity index (χ3n) is 4.87. The Kier molecular flexibility index (Phi) is 5.16. The van der Waals surface area contributed by atoms with Crippen molar-refractivity contribution >= 4 is 40.1 Å². The summed E-state index contributed by atoms with van der Waals surface area (Å²) in [5.74, 6) is 0.686. The fourth-order valence-electron chi connectivity index (χ4n) is 3.29. The molecule has 0 saturated carbocycles. The van der Waals surface area contributed by atoms with Crippen LogP contribution in [0.2, 0.25) is 0 Å². The van der Waals surface area contributed by atoms with Crippen molar-refractivity contribution in [3.63, 3.8) is 0 Å². The minimum atomic E-state index is -0.0450. The number of H-pyrrole nitrogens is 1. The molecule has 2 amide bonds. The molecule has 2 aromatic heterocycles. The van der Waals surface area contributed by atoms with Gasteiger partial charge in [-0.15, -0.1) is 11.3 Å². The molecule has 0 spiro atoms. The van der Waals surface area contributed by atoms with Crippen LogP contribution in [0, 0.1) is 0 Å². The van der Waals surface area contributed by atoms with E-state index in [4.69, 9.17) is 4.74 Å². The smallest absolute Gasteiger partial charge is 0.270 e. The fraction of sp³-hybridized carbons (Fsp3) is 0.238. The zero-order valence-corrected chi connectivity index (χ0v) is 16.4. The van der Waals surface area contributed by atoms with Crippen molar-refractivity contribution in [3.05, 3.63) is 58.4 Å². The van der Waals surface area contributed by atoms with Crippen LogP contribution in [0.5, 0.6) is 5.75 Å². The lowest BCUT2D eigenvalue weighted by molar-refractivity contribution is -0.127. The van der Waals surface area contributed by atoms with Crippen LogP contribution < -0.4 is 4.74 Å². The number of aromatic nitrogens is 1. The molecule has 1 fully saturated rings. The van der Waals surface area contributed by atoms with Crippen molar-refractivity contribution in [2.75, 3.05) is 33.3 Å². The number of rotatable bonds is 4. The summed E-state index contributed by atoms with van der Waals surface area (Å²) in [5, 5.41) is 2.95. The lowest BCUT2D eigenvalue weighted by Crippen LogP contribution is -2.50. The standard InChI is InChI=1S/C21H21N3O3S/c1-27-16-5-4-15-13-19(22-18(15)14-16)21(26)24-10-8-23(9-11-24)20(25)7-6-17-3-2-12-28-17/h2-7,12-14,22H,8-11H2,1H3. The summed E-state index contributed by atoms with van der Waals surface area (Å²) >= 11 is 1.60. The molecule has 144 valence electrons. The van der Waals surface area contributed by atoms with Gasteiger partial charge >= 0.3 is 0 Å². The predicted octanol–water partition coefficient (Wildman–Crippen LogP) is 3.24. The van der Waals surface area contributed by atoms with Gasteiger partial charge in [-0.05, 0) is 35.7 Å². The largest absolute Gasteiger partial charge is 0.497 e. The van der Waals surface area contributed by atoms with Crippen molar-refractivity contribution in [3.8, 4) is 5.75 Å². The Morgan fingerprint density at radius 1 is 1.11 bits per heavy atom. The molecule has 1 N–H and O–H groups in total. The molecule has 1 aromatic carbocycles. The van der Waals surface area contributed by atoms with E-state index >= 15 is 0 Å². The number of carbonyl (C=O) groups is 2. The van der Waals surface area contributed by atoms with Crippen LogP contribution >= 0.6 is 11.3 Å². The molecule has 1 aliphatic rings. The van der Waals surface area contributed by atoms with Crippen molar-refractivity contribution in [2.45, 2.75) is 0 Å². The fourth-order valence-corrected chi connectivity index (χ4v) is 3.91. The van der Waals surface area contributed by atoms with Gasteiger partial charge in [0.2, 0.25) is 5.91 Å². The first kappa shape index (κ1) is 18.3. The van der Waals surface area contributed by atoms with Gasteiger partial charge < -0.3 is 19.5 Å². The minimum absolute atomic E-state index is 0.0155. The highest BCUT2D eigenvalue weighted by Gasteiger charge is 2.25. The molecular weight excluding hydrogens is 374 g/mol. The molecule has 1 aliphatic heterocycles.